The summed E-state index contributed by atoms with van der Waals surface area (Å²) >= 11 is 0. The lowest BCUT2D eigenvalue weighted by atomic mass is 10.1. The molecule has 1 atom stereocenters. The average molecular weight is 482 g/mol. The lowest BCUT2D eigenvalue weighted by Crippen LogP contribution is -2.49. The van der Waals surface area contributed by atoms with Gasteiger partial charge >= 0.3 is 6.09 Å². The van der Waals surface area contributed by atoms with E-state index in [9.17, 15) is 9.59 Å². The van der Waals surface area contributed by atoms with Crippen LogP contribution in [0, 0.1) is 0 Å². The van der Waals surface area contributed by atoms with Crippen molar-refractivity contribution >= 4 is 11.8 Å². The highest BCUT2D eigenvalue weighted by molar-refractivity contribution is 5.68. The Labute approximate surface area is 203 Å². The molecule has 0 bridgehead atoms. The van der Waals surface area contributed by atoms with Gasteiger partial charge in [-0.2, -0.15) is 0 Å². The number of carbonyl (C=O) groups excluding carboxylic acids is 1. The van der Waals surface area contributed by atoms with Gasteiger partial charge in [0.2, 0.25) is 0 Å². The number of aromatic nitrogens is 5. The molecule has 0 saturated carbocycles. The van der Waals surface area contributed by atoms with Gasteiger partial charge < -0.3 is 24.3 Å². The summed E-state index contributed by atoms with van der Waals surface area (Å²) in [6.45, 7) is 7.24. The largest absolute Gasteiger partial charge is 0.495 e. The third-order valence-electron chi connectivity index (χ3n) is 5.56. The number of ether oxygens (including phenoxy) is 2. The van der Waals surface area contributed by atoms with Crippen molar-refractivity contribution in [3.63, 3.8) is 0 Å². The zero-order chi connectivity index (χ0) is 25.0. The Morgan fingerprint density at radius 2 is 2.06 bits per heavy atom. The molecule has 4 heterocycles. The first-order valence-electron chi connectivity index (χ1n) is 11.6. The van der Waals surface area contributed by atoms with E-state index in [0.29, 0.717) is 30.2 Å². The van der Waals surface area contributed by atoms with Crippen molar-refractivity contribution in [1.29, 1.82) is 0 Å². The van der Waals surface area contributed by atoms with E-state index < -0.39 is 11.7 Å². The highest BCUT2D eigenvalue weighted by Crippen LogP contribution is 2.19. The van der Waals surface area contributed by atoms with Crippen molar-refractivity contribution in [2.24, 2.45) is 0 Å². The van der Waals surface area contributed by atoms with Crippen LogP contribution in [0.2, 0.25) is 0 Å². The molecule has 186 valence electrons. The van der Waals surface area contributed by atoms with Gasteiger partial charge in [0.1, 0.15) is 17.0 Å². The molecule has 4 rings (SSSR count). The Kier molecular flexibility index (Phi) is 7.04. The molecule has 11 heteroatoms. The van der Waals surface area contributed by atoms with Crippen molar-refractivity contribution in [1.82, 2.24) is 29.9 Å². The van der Waals surface area contributed by atoms with Crippen LogP contribution in [0.3, 0.4) is 0 Å². The smallest absolute Gasteiger partial charge is 0.407 e. The van der Waals surface area contributed by atoms with Crippen molar-refractivity contribution in [2.75, 3.05) is 25.1 Å². The number of carbonyl (C=O) groups is 1. The second-order valence-corrected chi connectivity index (χ2v) is 9.52. The second kappa shape index (κ2) is 10.2. The van der Waals surface area contributed by atoms with Crippen LogP contribution in [0.4, 0.5) is 10.5 Å². The molecule has 11 nitrogen and oxygen atoms in total. The van der Waals surface area contributed by atoms with Gasteiger partial charge in [-0.15, -0.1) is 5.10 Å². The number of nitrogens with zero attached hydrogens (tertiary/aromatic N) is 6. The fourth-order valence-electron chi connectivity index (χ4n) is 3.94. The average Bonchev–Trinajstić information content (AvgIpc) is 3.28. The summed E-state index contributed by atoms with van der Waals surface area (Å²) in [6, 6.07) is 5.29. The van der Waals surface area contributed by atoms with Crippen molar-refractivity contribution in [3.8, 4) is 11.4 Å². The molecule has 3 aromatic heterocycles. The van der Waals surface area contributed by atoms with Gasteiger partial charge in [-0.3, -0.25) is 9.78 Å². The summed E-state index contributed by atoms with van der Waals surface area (Å²) in [7, 11) is 1.57. The van der Waals surface area contributed by atoms with E-state index in [1.807, 2.05) is 26.8 Å². The summed E-state index contributed by atoms with van der Waals surface area (Å²) in [5.74, 6) is 0.618. The molecule has 1 amide bonds. The highest BCUT2D eigenvalue weighted by Gasteiger charge is 2.24. The topological polar surface area (TPSA) is 116 Å². The zero-order valence-corrected chi connectivity index (χ0v) is 20.5. The van der Waals surface area contributed by atoms with Crippen LogP contribution in [0.5, 0.6) is 5.75 Å². The Balaban J connectivity index is 1.40. The molecule has 3 aromatic rings. The number of rotatable bonds is 6. The highest BCUT2D eigenvalue weighted by atomic mass is 16.6. The van der Waals surface area contributed by atoms with Crippen molar-refractivity contribution in [2.45, 2.75) is 51.8 Å². The van der Waals surface area contributed by atoms with E-state index in [4.69, 9.17) is 9.47 Å². The Morgan fingerprint density at radius 1 is 1.23 bits per heavy atom. The molecule has 1 aliphatic rings. The number of pyridine rings is 2. The van der Waals surface area contributed by atoms with Crippen LogP contribution in [-0.4, -0.2) is 62.5 Å². The van der Waals surface area contributed by atoms with E-state index in [0.717, 1.165) is 25.1 Å². The Morgan fingerprint density at radius 3 is 2.80 bits per heavy atom. The molecular formula is C24H31N7O4. The summed E-state index contributed by atoms with van der Waals surface area (Å²) in [5.41, 5.74) is 1.50. The predicted molar refractivity (Wildman–Crippen MR) is 130 cm³/mol. The summed E-state index contributed by atoms with van der Waals surface area (Å²) < 4.78 is 13.7. The second-order valence-electron chi connectivity index (χ2n) is 9.52. The minimum atomic E-state index is -0.543. The first-order valence-corrected chi connectivity index (χ1v) is 11.6. The molecule has 1 saturated heterocycles. The molecule has 0 aromatic carbocycles. The number of alkyl carbamates (subject to hydrolysis) is 1. The van der Waals surface area contributed by atoms with Gasteiger partial charge in [-0.1, -0.05) is 5.21 Å². The van der Waals surface area contributed by atoms with Crippen LogP contribution < -0.4 is 20.5 Å². The van der Waals surface area contributed by atoms with Gasteiger partial charge in [-0.25, -0.2) is 9.48 Å². The first kappa shape index (κ1) is 24.2. The summed E-state index contributed by atoms with van der Waals surface area (Å²) in [5, 5.41) is 11.3. The number of piperidine rings is 1. The summed E-state index contributed by atoms with van der Waals surface area (Å²) in [4.78, 5) is 31.2. The van der Waals surface area contributed by atoms with Gasteiger partial charge in [0.05, 0.1) is 37.9 Å². The minimum absolute atomic E-state index is 0.0397. The Hall–Kier alpha value is -3.89. The lowest BCUT2D eigenvalue weighted by Gasteiger charge is -2.35. The number of hydrogen-bond acceptors (Lipinski definition) is 8. The molecular weight excluding hydrogens is 450 g/mol. The minimum Gasteiger partial charge on any atom is -0.495 e. The van der Waals surface area contributed by atoms with E-state index in [2.05, 4.69) is 25.5 Å². The molecule has 35 heavy (non-hydrogen) atoms. The number of methoxy groups -OCH3 is 1. The standard InChI is InChI=1S/C24H31N7O4/c1-24(2,3)35-23(33)26-17-6-5-8-29(14-17)19-7-9-30(22(32)11-19)15-18-16-31(28-27-18)20-10-21(34-4)13-25-12-20/h7,9-13,16-17H,5-6,8,14-15H2,1-4H3,(H,26,33)/t17-/m1/s1. The van der Waals surface area contributed by atoms with Crippen LogP contribution in [-0.2, 0) is 11.3 Å². The van der Waals surface area contributed by atoms with Crippen LogP contribution in [0.15, 0.2) is 47.8 Å². The first-order chi connectivity index (χ1) is 16.7. The van der Waals surface area contributed by atoms with E-state index in [-0.39, 0.29) is 11.6 Å². The lowest BCUT2D eigenvalue weighted by molar-refractivity contribution is 0.0500. The number of hydrogen-bond donors (Lipinski definition) is 1. The van der Waals surface area contributed by atoms with Gasteiger partial charge in [0, 0.05) is 43.1 Å². The van der Waals surface area contributed by atoms with E-state index in [1.165, 1.54) is 0 Å². The normalized spacial score (nSPS) is 16.1. The third-order valence-corrected chi connectivity index (χ3v) is 5.56. The number of amides is 1. The maximum absolute atomic E-state index is 12.8. The van der Waals surface area contributed by atoms with Crippen LogP contribution in [0.25, 0.3) is 5.69 Å². The quantitative estimate of drug-likeness (QED) is 0.570. The predicted octanol–water partition coefficient (Wildman–Crippen LogP) is 2.37. The maximum atomic E-state index is 12.8. The van der Waals surface area contributed by atoms with Gasteiger partial charge in [-0.05, 0) is 39.7 Å². The SMILES string of the molecule is COc1cncc(-n2cc(Cn3ccc(N4CCC[C@@H](NC(=O)OC(C)(C)C)C4)cc3=O)nn2)c1. The molecule has 1 N–H and O–H groups in total. The van der Waals surface area contributed by atoms with Crippen molar-refractivity contribution in [3.05, 3.63) is 59.0 Å². The van der Waals surface area contributed by atoms with Crippen LogP contribution >= 0.6 is 0 Å². The maximum Gasteiger partial charge on any atom is 0.407 e. The summed E-state index contributed by atoms with van der Waals surface area (Å²) in [6.07, 6.45) is 8.14. The monoisotopic (exact) mass is 481 g/mol. The van der Waals surface area contributed by atoms with Gasteiger partial charge in [0.25, 0.3) is 5.56 Å². The van der Waals surface area contributed by atoms with E-state index >= 15 is 0 Å². The number of anilines is 1. The Bertz CT molecular complexity index is 1230. The molecule has 0 radical (unpaired) electrons. The molecule has 1 aliphatic heterocycles. The third kappa shape index (κ3) is 6.37. The van der Waals surface area contributed by atoms with Crippen LogP contribution in [0.1, 0.15) is 39.3 Å². The molecule has 1 fully saturated rings. The molecule has 0 aliphatic carbocycles. The fourth-order valence-corrected chi connectivity index (χ4v) is 3.94. The van der Waals surface area contributed by atoms with Gasteiger partial charge in [0.15, 0.2) is 0 Å². The zero-order valence-electron chi connectivity index (χ0n) is 20.5. The molecule has 0 spiro atoms. The van der Waals surface area contributed by atoms with E-state index in [1.54, 1.807) is 53.3 Å². The number of nitrogens with one attached hydrogen (secondary N) is 1. The fraction of sp³-hybridized carbons (Fsp3) is 0.458. The van der Waals surface area contributed by atoms with Crippen molar-refractivity contribution < 1.29 is 14.3 Å². The molecule has 0 unspecified atom stereocenters.